The molecule has 0 aliphatic rings. The third-order valence-corrected chi connectivity index (χ3v) is 4.28. The Morgan fingerprint density at radius 2 is 2.26 bits per heavy atom. The summed E-state index contributed by atoms with van der Waals surface area (Å²) in [7, 11) is 0. The Balaban J connectivity index is 2.36. The van der Waals surface area contributed by atoms with Crippen LogP contribution in [0.1, 0.15) is 18.2 Å². The third-order valence-electron chi connectivity index (χ3n) is 3.34. The maximum absolute atomic E-state index is 11.1. The minimum absolute atomic E-state index is 0.113. The Labute approximate surface area is 138 Å². The van der Waals surface area contributed by atoms with Crippen molar-refractivity contribution in [3.63, 3.8) is 0 Å². The number of ether oxygens (including phenoxy) is 1. The third kappa shape index (κ3) is 4.29. The van der Waals surface area contributed by atoms with Gasteiger partial charge in [-0.2, -0.15) is 0 Å². The van der Waals surface area contributed by atoms with Crippen LogP contribution in [0.5, 0.6) is 0 Å². The van der Waals surface area contributed by atoms with Crippen molar-refractivity contribution in [1.82, 2.24) is 4.98 Å². The number of carboxylic acid groups (broad SMARTS) is 1. The van der Waals surface area contributed by atoms with E-state index in [9.17, 15) is 9.59 Å². The van der Waals surface area contributed by atoms with E-state index in [2.05, 4.69) is 4.98 Å². The molecule has 0 radical (unpaired) electrons. The summed E-state index contributed by atoms with van der Waals surface area (Å²) in [4.78, 5) is 27.5. The molecule has 1 aromatic heterocycles. The van der Waals surface area contributed by atoms with Gasteiger partial charge in [0.15, 0.2) is 6.73 Å². The molecule has 6 nitrogen and oxygen atoms in total. The largest absolute Gasteiger partial charge is 0.480 e. The molecule has 0 aliphatic carbocycles. The quantitative estimate of drug-likeness (QED) is 0.590. The molecule has 2 aromatic rings. The van der Waals surface area contributed by atoms with Gasteiger partial charge in [-0.15, -0.1) is 11.3 Å². The topological polar surface area (TPSA) is 79.7 Å². The molecule has 0 atom stereocenters. The van der Waals surface area contributed by atoms with Crippen LogP contribution in [-0.2, 0) is 20.7 Å². The van der Waals surface area contributed by atoms with E-state index in [1.54, 1.807) is 11.3 Å². The predicted octanol–water partition coefficient (Wildman–Crippen LogP) is 2.70. The minimum atomic E-state index is -0.994. The van der Waals surface area contributed by atoms with Crippen molar-refractivity contribution in [2.24, 2.45) is 0 Å². The normalized spacial score (nSPS) is 10.3. The summed E-state index contributed by atoms with van der Waals surface area (Å²) in [6, 6.07) is 5.74. The first-order valence-corrected chi connectivity index (χ1v) is 8.00. The Morgan fingerprint density at radius 1 is 1.48 bits per heavy atom. The molecule has 1 aromatic carbocycles. The van der Waals surface area contributed by atoms with Gasteiger partial charge in [-0.25, -0.2) is 4.98 Å². The lowest BCUT2D eigenvalue weighted by Crippen LogP contribution is -2.32. The van der Waals surface area contributed by atoms with Crippen molar-refractivity contribution in [3.8, 4) is 10.6 Å². The van der Waals surface area contributed by atoms with E-state index in [-0.39, 0.29) is 13.3 Å². The van der Waals surface area contributed by atoms with E-state index in [1.807, 2.05) is 37.4 Å². The van der Waals surface area contributed by atoms with E-state index >= 15 is 0 Å². The lowest BCUT2D eigenvalue weighted by atomic mass is 10.1. The fourth-order valence-corrected chi connectivity index (χ4v) is 3.07. The van der Waals surface area contributed by atoms with Crippen molar-refractivity contribution in [3.05, 3.63) is 34.8 Å². The maximum Gasteiger partial charge on any atom is 0.323 e. The van der Waals surface area contributed by atoms with Gasteiger partial charge in [0, 0.05) is 16.6 Å². The van der Waals surface area contributed by atoms with E-state index < -0.39 is 5.97 Å². The van der Waals surface area contributed by atoms with Crippen LogP contribution in [0.2, 0.25) is 0 Å². The fourth-order valence-electron chi connectivity index (χ4n) is 2.17. The van der Waals surface area contributed by atoms with Crippen molar-refractivity contribution in [2.45, 2.75) is 20.3 Å². The van der Waals surface area contributed by atoms with Crippen LogP contribution in [0, 0.1) is 6.92 Å². The molecule has 0 saturated carbocycles. The summed E-state index contributed by atoms with van der Waals surface area (Å²) in [5.41, 5.74) is 3.55. The molecule has 2 rings (SSSR count). The van der Waals surface area contributed by atoms with E-state index in [1.165, 1.54) is 4.90 Å². The molecule has 0 spiro atoms. The molecule has 0 aliphatic heterocycles. The Kier molecular flexibility index (Phi) is 5.70. The van der Waals surface area contributed by atoms with Crippen molar-refractivity contribution in [1.29, 1.82) is 0 Å². The van der Waals surface area contributed by atoms with Crippen LogP contribution < -0.4 is 4.90 Å². The second kappa shape index (κ2) is 7.73. The SMILES string of the molecule is CCc1csc(-c2ccc(C)c(N(COC=O)CC(=O)O)c2)n1. The molecular weight excluding hydrogens is 316 g/mol. The lowest BCUT2D eigenvalue weighted by Gasteiger charge is -2.23. The van der Waals surface area contributed by atoms with Gasteiger partial charge in [0.05, 0.1) is 5.69 Å². The first kappa shape index (κ1) is 17.0. The molecule has 0 unspecified atom stereocenters. The summed E-state index contributed by atoms with van der Waals surface area (Å²) in [5.74, 6) is -0.994. The predicted molar refractivity (Wildman–Crippen MR) is 88.7 cm³/mol. The minimum Gasteiger partial charge on any atom is -0.480 e. The number of hydrogen-bond donors (Lipinski definition) is 1. The number of hydrogen-bond acceptors (Lipinski definition) is 6. The summed E-state index contributed by atoms with van der Waals surface area (Å²) < 4.78 is 4.74. The highest BCUT2D eigenvalue weighted by atomic mass is 32.1. The van der Waals surface area contributed by atoms with Gasteiger partial charge < -0.3 is 14.7 Å². The summed E-state index contributed by atoms with van der Waals surface area (Å²) in [6.45, 7) is 3.87. The number of anilines is 1. The Morgan fingerprint density at radius 3 is 2.87 bits per heavy atom. The number of carbonyl (C=O) groups excluding carboxylic acids is 1. The van der Waals surface area contributed by atoms with E-state index in [0.717, 1.165) is 28.2 Å². The van der Waals surface area contributed by atoms with Gasteiger partial charge in [-0.05, 0) is 25.0 Å². The first-order chi connectivity index (χ1) is 11.0. The zero-order chi connectivity index (χ0) is 16.8. The van der Waals surface area contributed by atoms with Gasteiger partial charge in [0.2, 0.25) is 0 Å². The highest BCUT2D eigenvalue weighted by Crippen LogP contribution is 2.30. The van der Waals surface area contributed by atoms with E-state index in [0.29, 0.717) is 12.2 Å². The summed E-state index contributed by atoms with van der Waals surface area (Å²) in [5, 5.41) is 12.0. The van der Waals surface area contributed by atoms with Crippen molar-refractivity contribution < 1.29 is 19.4 Å². The molecule has 122 valence electrons. The molecule has 0 bridgehead atoms. The molecular formula is C16H18N2O4S. The van der Waals surface area contributed by atoms with Crippen LogP contribution >= 0.6 is 11.3 Å². The molecule has 1 heterocycles. The van der Waals surface area contributed by atoms with Gasteiger partial charge in [0.1, 0.15) is 11.6 Å². The number of rotatable bonds is 8. The Hall–Kier alpha value is -2.41. The van der Waals surface area contributed by atoms with Gasteiger partial charge in [-0.1, -0.05) is 19.1 Å². The summed E-state index contributed by atoms with van der Waals surface area (Å²) >= 11 is 1.55. The number of carbonyl (C=O) groups is 2. The van der Waals surface area contributed by atoms with Crippen LogP contribution in [0.4, 0.5) is 5.69 Å². The zero-order valence-electron chi connectivity index (χ0n) is 13.0. The number of benzene rings is 1. The average Bonchev–Trinajstić information content (AvgIpc) is 3.00. The highest BCUT2D eigenvalue weighted by molar-refractivity contribution is 7.13. The van der Waals surface area contributed by atoms with Crippen LogP contribution in [-0.4, -0.2) is 35.8 Å². The number of aromatic nitrogens is 1. The molecule has 0 saturated heterocycles. The van der Waals surface area contributed by atoms with Gasteiger partial charge in [-0.3, -0.25) is 9.59 Å². The van der Waals surface area contributed by atoms with Crippen LogP contribution in [0.15, 0.2) is 23.6 Å². The smallest absolute Gasteiger partial charge is 0.323 e. The second-order valence-electron chi connectivity index (χ2n) is 4.98. The van der Waals surface area contributed by atoms with Crippen molar-refractivity contribution in [2.75, 3.05) is 18.2 Å². The molecule has 0 amide bonds. The first-order valence-electron chi connectivity index (χ1n) is 7.12. The molecule has 0 fully saturated rings. The van der Waals surface area contributed by atoms with Crippen LogP contribution in [0.25, 0.3) is 10.6 Å². The van der Waals surface area contributed by atoms with Gasteiger partial charge in [0.25, 0.3) is 6.47 Å². The van der Waals surface area contributed by atoms with Gasteiger partial charge >= 0.3 is 5.97 Å². The van der Waals surface area contributed by atoms with Crippen molar-refractivity contribution >= 4 is 29.5 Å². The molecule has 23 heavy (non-hydrogen) atoms. The lowest BCUT2D eigenvalue weighted by molar-refractivity contribution is -0.136. The number of thiazole rings is 1. The highest BCUT2D eigenvalue weighted by Gasteiger charge is 2.15. The number of nitrogens with zero attached hydrogens (tertiary/aromatic N) is 2. The number of carboxylic acids is 1. The monoisotopic (exact) mass is 334 g/mol. The standard InChI is InChI=1S/C16H18N2O4S/c1-3-13-8-23-16(17-13)12-5-4-11(2)14(6-12)18(7-15(20)21)9-22-10-19/h4-6,8,10H,3,7,9H2,1-2H3,(H,20,21). The number of aryl methyl sites for hydroxylation is 2. The zero-order valence-corrected chi connectivity index (χ0v) is 13.8. The van der Waals surface area contributed by atoms with Crippen LogP contribution in [0.3, 0.4) is 0 Å². The maximum atomic E-state index is 11.1. The fraction of sp³-hybridized carbons (Fsp3) is 0.312. The second-order valence-corrected chi connectivity index (χ2v) is 5.84. The molecule has 7 heteroatoms. The summed E-state index contributed by atoms with van der Waals surface area (Å²) in [6.07, 6.45) is 0.869. The molecule has 1 N–H and O–H groups in total. The number of aliphatic carboxylic acids is 1. The van der Waals surface area contributed by atoms with E-state index in [4.69, 9.17) is 9.84 Å². The Bertz CT molecular complexity index is 699. The average molecular weight is 334 g/mol.